The molecule has 1 aliphatic heterocycles. The van der Waals surface area contributed by atoms with Crippen LogP contribution < -0.4 is 9.88 Å². The Bertz CT molecular complexity index is 556. The van der Waals surface area contributed by atoms with Gasteiger partial charge in [0.15, 0.2) is 0 Å². The first-order valence-corrected chi connectivity index (χ1v) is 8.44. The molecular weight excluding hydrogens is 332 g/mol. The van der Waals surface area contributed by atoms with Crippen LogP contribution in [-0.2, 0) is 16.6 Å². The summed E-state index contributed by atoms with van der Waals surface area (Å²) in [6, 6.07) is 5.87. The van der Waals surface area contributed by atoms with E-state index in [1.807, 2.05) is 18.2 Å². The molecule has 0 spiro atoms. The predicted molar refractivity (Wildman–Crippen MR) is 77.4 cm³/mol. The largest absolute Gasteiger partial charge is 0.496 e. The molecule has 106 valence electrons. The van der Waals surface area contributed by atoms with Crippen molar-refractivity contribution in [2.75, 3.05) is 26.0 Å². The summed E-state index contributed by atoms with van der Waals surface area (Å²) in [6.07, 6.45) is 0. The van der Waals surface area contributed by atoms with E-state index < -0.39 is 10.0 Å². The van der Waals surface area contributed by atoms with Crippen molar-refractivity contribution in [1.29, 1.82) is 0 Å². The lowest BCUT2D eigenvalue weighted by Gasteiger charge is -2.39. The Labute approximate surface area is 121 Å². The van der Waals surface area contributed by atoms with Crippen LogP contribution in [0.5, 0.6) is 5.75 Å². The Morgan fingerprint density at radius 1 is 1.47 bits per heavy atom. The molecule has 7 heteroatoms. The smallest absolute Gasteiger partial charge is 0.209 e. The van der Waals surface area contributed by atoms with Gasteiger partial charge in [0.1, 0.15) is 5.75 Å². The Morgan fingerprint density at radius 3 is 2.74 bits per heavy atom. The molecule has 1 aliphatic rings. The van der Waals surface area contributed by atoms with Crippen LogP contribution >= 0.6 is 15.9 Å². The molecule has 0 aliphatic carbocycles. The molecule has 0 saturated carbocycles. The third-order valence-corrected chi connectivity index (χ3v) is 4.99. The predicted octanol–water partition coefficient (Wildman–Crippen LogP) is 1.18. The highest BCUT2D eigenvalue weighted by Crippen LogP contribution is 2.30. The third-order valence-electron chi connectivity index (χ3n) is 3.16. The molecule has 1 fully saturated rings. The number of methoxy groups -OCH3 is 1. The Morgan fingerprint density at radius 2 is 2.16 bits per heavy atom. The molecule has 1 saturated heterocycles. The fraction of sp³-hybridized carbons (Fsp3) is 0.500. The lowest BCUT2D eigenvalue weighted by molar-refractivity contribution is 0.106. The van der Waals surface area contributed by atoms with Crippen LogP contribution in [0.4, 0.5) is 0 Å². The van der Waals surface area contributed by atoms with Crippen molar-refractivity contribution in [1.82, 2.24) is 4.90 Å². The summed E-state index contributed by atoms with van der Waals surface area (Å²) in [4.78, 5) is 2.19. The SMILES string of the molecule is COc1cccc(CN2CC(CS(N)(=O)=O)C2)c1Br. The van der Waals surface area contributed by atoms with Crippen molar-refractivity contribution in [3.8, 4) is 5.75 Å². The summed E-state index contributed by atoms with van der Waals surface area (Å²) in [5.74, 6) is 1.03. The highest BCUT2D eigenvalue weighted by Gasteiger charge is 2.30. The minimum atomic E-state index is -3.36. The van der Waals surface area contributed by atoms with Crippen molar-refractivity contribution >= 4 is 26.0 Å². The molecule has 0 amide bonds. The number of nitrogens with zero attached hydrogens (tertiary/aromatic N) is 1. The molecule has 0 bridgehead atoms. The monoisotopic (exact) mass is 348 g/mol. The van der Waals surface area contributed by atoms with Crippen molar-refractivity contribution < 1.29 is 13.2 Å². The first-order chi connectivity index (χ1) is 8.89. The van der Waals surface area contributed by atoms with E-state index in [-0.39, 0.29) is 11.7 Å². The van der Waals surface area contributed by atoms with E-state index in [1.54, 1.807) is 7.11 Å². The van der Waals surface area contributed by atoms with Gasteiger partial charge in [0.25, 0.3) is 0 Å². The van der Waals surface area contributed by atoms with Crippen LogP contribution in [0.15, 0.2) is 22.7 Å². The lowest BCUT2D eigenvalue weighted by atomic mass is 10.0. The zero-order valence-electron chi connectivity index (χ0n) is 10.7. The maximum Gasteiger partial charge on any atom is 0.209 e. The second-order valence-corrected chi connectivity index (χ2v) is 7.28. The summed E-state index contributed by atoms with van der Waals surface area (Å²) in [7, 11) is -1.72. The maximum atomic E-state index is 11.0. The standard InChI is InChI=1S/C12H17BrN2O3S/c1-18-11-4-2-3-10(12(11)13)7-15-5-9(6-15)8-19(14,16)17/h2-4,9H,5-8H2,1H3,(H2,14,16,17). The number of halogens is 1. The number of hydrogen-bond acceptors (Lipinski definition) is 4. The lowest BCUT2D eigenvalue weighted by Crippen LogP contribution is -2.49. The fourth-order valence-electron chi connectivity index (χ4n) is 2.32. The highest BCUT2D eigenvalue weighted by molar-refractivity contribution is 9.10. The molecule has 0 unspecified atom stereocenters. The maximum absolute atomic E-state index is 11.0. The van der Waals surface area contributed by atoms with Crippen molar-refractivity contribution in [3.05, 3.63) is 28.2 Å². The van der Waals surface area contributed by atoms with Gasteiger partial charge in [-0.15, -0.1) is 0 Å². The van der Waals surface area contributed by atoms with E-state index in [0.717, 1.165) is 35.4 Å². The van der Waals surface area contributed by atoms with Gasteiger partial charge >= 0.3 is 0 Å². The molecule has 0 aromatic heterocycles. The van der Waals surface area contributed by atoms with Gasteiger partial charge in [-0.05, 0) is 33.5 Å². The number of hydrogen-bond donors (Lipinski definition) is 1. The minimum Gasteiger partial charge on any atom is -0.496 e. The number of ether oxygens (including phenoxy) is 1. The molecule has 2 rings (SSSR count). The molecule has 2 N–H and O–H groups in total. The number of nitrogens with two attached hydrogens (primary N) is 1. The quantitative estimate of drug-likeness (QED) is 0.866. The zero-order valence-corrected chi connectivity index (χ0v) is 13.1. The minimum absolute atomic E-state index is 0.0722. The van der Waals surface area contributed by atoms with Crippen LogP contribution in [0.25, 0.3) is 0 Å². The Balaban J connectivity index is 1.91. The second-order valence-electron chi connectivity index (χ2n) is 4.82. The molecule has 1 aromatic rings. The molecule has 1 heterocycles. The number of rotatable bonds is 5. The van der Waals surface area contributed by atoms with Crippen LogP contribution in [-0.4, -0.2) is 39.3 Å². The Hall–Kier alpha value is -0.630. The first kappa shape index (κ1) is 14.8. The van der Waals surface area contributed by atoms with Crippen LogP contribution in [0.2, 0.25) is 0 Å². The van der Waals surface area contributed by atoms with E-state index >= 15 is 0 Å². The van der Waals surface area contributed by atoms with Gasteiger partial charge in [-0.25, -0.2) is 13.6 Å². The number of sulfonamides is 1. The zero-order chi connectivity index (χ0) is 14.0. The van der Waals surface area contributed by atoms with Crippen molar-refractivity contribution in [3.63, 3.8) is 0 Å². The van der Waals surface area contributed by atoms with Crippen molar-refractivity contribution in [2.45, 2.75) is 6.54 Å². The first-order valence-electron chi connectivity index (χ1n) is 5.93. The molecule has 0 radical (unpaired) electrons. The molecular formula is C12H17BrN2O3S. The van der Waals surface area contributed by atoms with Crippen LogP contribution in [0.3, 0.4) is 0 Å². The third kappa shape index (κ3) is 3.92. The van der Waals surface area contributed by atoms with Gasteiger partial charge in [-0.1, -0.05) is 12.1 Å². The van der Waals surface area contributed by atoms with Gasteiger partial charge in [0.05, 0.1) is 17.3 Å². The average Bonchev–Trinajstić information content (AvgIpc) is 2.27. The van der Waals surface area contributed by atoms with Gasteiger partial charge in [0.2, 0.25) is 10.0 Å². The normalized spacial score (nSPS) is 17.2. The van der Waals surface area contributed by atoms with Crippen molar-refractivity contribution in [2.24, 2.45) is 11.1 Å². The van der Waals surface area contributed by atoms with Crippen LogP contribution in [0, 0.1) is 5.92 Å². The van der Waals surface area contributed by atoms with E-state index in [2.05, 4.69) is 20.8 Å². The number of likely N-dealkylation sites (tertiary alicyclic amines) is 1. The van der Waals surface area contributed by atoms with Gasteiger partial charge in [0, 0.05) is 19.6 Å². The van der Waals surface area contributed by atoms with Gasteiger partial charge in [-0.2, -0.15) is 0 Å². The average molecular weight is 349 g/mol. The topological polar surface area (TPSA) is 72.6 Å². The summed E-state index contributed by atoms with van der Waals surface area (Å²) in [5, 5.41) is 5.04. The number of primary sulfonamides is 1. The van der Waals surface area contributed by atoms with Gasteiger partial charge < -0.3 is 4.74 Å². The number of benzene rings is 1. The van der Waals surface area contributed by atoms with Gasteiger partial charge in [-0.3, -0.25) is 4.90 Å². The Kier molecular flexibility index (Phi) is 4.50. The summed E-state index contributed by atoms with van der Waals surface area (Å²) < 4.78 is 28.1. The van der Waals surface area contributed by atoms with E-state index in [0.29, 0.717) is 0 Å². The van der Waals surface area contributed by atoms with Crippen LogP contribution in [0.1, 0.15) is 5.56 Å². The molecule has 0 atom stereocenters. The second kappa shape index (κ2) is 5.78. The highest BCUT2D eigenvalue weighted by atomic mass is 79.9. The van der Waals surface area contributed by atoms with E-state index in [9.17, 15) is 8.42 Å². The fourth-order valence-corrected chi connectivity index (χ4v) is 3.74. The molecule has 19 heavy (non-hydrogen) atoms. The molecule has 5 nitrogen and oxygen atoms in total. The summed E-state index contributed by atoms with van der Waals surface area (Å²) in [6.45, 7) is 2.30. The summed E-state index contributed by atoms with van der Waals surface area (Å²) >= 11 is 3.52. The van der Waals surface area contributed by atoms with E-state index in [4.69, 9.17) is 9.88 Å². The van der Waals surface area contributed by atoms with E-state index in [1.165, 1.54) is 0 Å². The molecule has 1 aromatic carbocycles. The summed E-state index contributed by atoms with van der Waals surface area (Å²) in [5.41, 5.74) is 1.13.